The van der Waals surface area contributed by atoms with Crippen molar-refractivity contribution in [2.24, 2.45) is 5.92 Å². The molecule has 150 valence electrons. The highest BCUT2D eigenvalue weighted by Gasteiger charge is 2.31. The molecule has 0 saturated heterocycles. The predicted octanol–water partition coefficient (Wildman–Crippen LogP) is 4.43. The van der Waals surface area contributed by atoms with Crippen LogP contribution in [-0.2, 0) is 9.59 Å². The summed E-state index contributed by atoms with van der Waals surface area (Å²) >= 11 is 0. The average Bonchev–Trinajstić information content (AvgIpc) is 2.58. The molecule has 0 spiro atoms. The quantitative estimate of drug-likeness (QED) is 0.730. The summed E-state index contributed by atoms with van der Waals surface area (Å²) in [6.45, 7) is 3.76. The number of carbonyl (C=O) groups is 2. The molecule has 0 aliphatic heterocycles. The van der Waals surface area contributed by atoms with E-state index in [4.69, 9.17) is 0 Å². The van der Waals surface area contributed by atoms with Crippen molar-refractivity contribution < 1.29 is 27.5 Å². The number of halogens is 3. The molecule has 1 unspecified atom stereocenters. The fourth-order valence-corrected chi connectivity index (χ4v) is 2.52. The van der Waals surface area contributed by atoms with Crippen molar-refractivity contribution in [2.75, 3.05) is 5.32 Å². The maximum absolute atomic E-state index is 12.7. The van der Waals surface area contributed by atoms with Crippen molar-refractivity contribution in [1.82, 2.24) is 5.32 Å². The zero-order valence-electron chi connectivity index (χ0n) is 15.4. The first-order chi connectivity index (χ1) is 13.1. The van der Waals surface area contributed by atoms with Crippen molar-refractivity contribution in [3.8, 4) is 5.75 Å². The van der Waals surface area contributed by atoms with Crippen molar-refractivity contribution in [2.45, 2.75) is 32.7 Å². The van der Waals surface area contributed by atoms with E-state index in [1.54, 1.807) is 30.3 Å². The van der Waals surface area contributed by atoms with Gasteiger partial charge in [0.1, 0.15) is 11.8 Å². The van der Waals surface area contributed by atoms with E-state index in [9.17, 15) is 22.8 Å². The van der Waals surface area contributed by atoms with E-state index in [0.717, 1.165) is 12.1 Å². The molecule has 0 bridgehead atoms. The van der Waals surface area contributed by atoms with Gasteiger partial charge in [0.05, 0.1) is 0 Å². The first-order valence-corrected chi connectivity index (χ1v) is 8.65. The number of alkyl halides is 3. The van der Waals surface area contributed by atoms with Crippen molar-refractivity contribution in [1.29, 1.82) is 0 Å². The molecule has 0 fully saturated rings. The third-order valence-electron chi connectivity index (χ3n) is 3.63. The molecule has 2 N–H and O–H groups in total. The number of hydrogen-bond donors (Lipinski definition) is 2. The fraction of sp³-hybridized carbons (Fsp3) is 0.300. The Kier molecular flexibility index (Phi) is 7.03. The summed E-state index contributed by atoms with van der Waals surface area (Å²) < 4.78 is 41.0. The van der Waals surface area contributed by atoms with E-state index in [0.29, 0.717) is 5.56 Å². The Labute approximate surface area is 160 Å². The summed E-state index contributed by atoms with van der Waals surface area (Å²) in [6, 6.07) is 12.5. The van der Waals surface area contributed by atoms with Gasteiger partial charge in [-0.1, -0.05) is 50.2 Å². The molecular weight excluding hydrogens is 373 g/mol. The fourth-order valence-electron chi connectivity index (χ4n) is 2.52. The Bertz CT molecular complexity index is 808. The number of amides is 2. The van der Waals surface area contributed by atoms with Crippen LogP contribution in [0.2, 0.25) is 0 Å². The third kappa shape index (κ3) is 6.94. The molecule has 0 aliphatic carbocycles. The lowest BCUT2D eigenvalue weighted by atomic mass is 10.0. The Morgan fingerprint density at radius 1 is 1.04 bits per heavy atom. The van der Waals surface area contributed by atoms with Crippen molar-refractivity contribution >= 4 is 17.5 Å². The molecule has 8 heteroatoms. The SMILES string of the molecule is CC(C)CC(=O)NC(C(=O)Nc1cccc(OC(F)(F)F)c1)c1ccccc1. The maximum atomic E-state index is 12.7. The van der Waals surface area contributed by atoms with Gasteiger partial charge in [-0.05, 0) is 23.6 Å². The number of hydrogen-bond acceptors (Lipinski definition) is 3. The van der Waals surface area contributed by atoms with Crippen LogP contribution in [0.25, 0.3) is 0 Å². The van der Waals surface area contributed by atoms with E-state index in [1.165, 1.54) is 12.1 Å². The summed E-state index contributed by atoms with van der Waals surface area (Å²) in [5, 5.41) is 5.20. The minimum absolute atomic E-state index is 0.107. The summed E-state index contributed by atoms with van der Waals surface area (Å²) in [5.74, 6) is -1.22. The van der Waals surface area contributed by atoms with Gasteiger partial charge in [0, 0.05) is 18.2 Å². The predicted molar refractivity (Wildman–Crippen MR) is 98.5 cm³/mol. The van der Waals surface area contributed by atoms with Gasteiger partial charge in [-0.3, -0.25) is 9.59 Å². The monoisotopic (exact) mass is 394 g/mol. The second-order valence-electron chi connectivity index (χ2n) is 6.57. The number of rotatable bonds is 7. The molecule has 2 aromatic carbocycles. The molecule has 2 rings (SSSR count). The van der Waals surface area contributed by atoms with Crippen LogP contribution in [0.4, 0.5) is 18.9 Å². The lowest BCUT2D eigenvalue weighted by molar-refractivity contribution is -0.274. The van der Waals surface area contributed by atoms with Crippen molar-refractivity contribution in [3.05, 3.63) is 60.2 Å². The number of ether oxygens (including phenoxy) is 1. The van der Waals surface area contributed by atoms with Gasteiger partial charge in [-0.2, -0.15) is 0 Å². The van der Waals surface area contributed by atoms with Crippen LogP contribution < -0.4 is 15.4 Å². The maximum Gasteiger partial charge on any atom is 0.573 e. The Balaban J connectivity index is 2.18. The van der Waals surface area contributed by atoms with E-state index >= 15 is 0 Å². The van der Waals surface area contributed by atoms with E-state index in [1.807, 2.05) is 13.8 Å². The van der Waals surface area contributed by atoms with Gasteiger partial charge < -0.3 is 15.4 Å². The lowest BCUT2D eigenvalue weighted by Crippen LogP contribution is -2.37. The standard InChI is InChI=1S/C20H21F3N2O3/c1-13(2)11-17(26)25-18(14-7-4-3-5-8-14)19(27)24-15-9-6-10-16(12-15)28-20(21,22)23/h3-10,12-13,18H,11H2,1-2H3,(H,24,27)(H,25,26). The van der Waals surface area contributed by atoms with Crippen molar-refractivity contribution in [3.63, 3.8) is 0 Å². The zero-order valence-corrected chi connectivity index (χ0v) is 15.4. The number of anilines is 1. The van der Waals surface area contributed by atoms with Crippen LogP contribution in [0.3, 0.4) is 0 Å². The smallest absolute Gasteiger partial charge is 0.406 e. The van der Waals surface area contributed by atoms with Crippen LogP contribution in [0.15, 0.2) is 54.6 Å². The summed E-state index contributed by atoms with van der Waals surface area (Å²) in [6.07, 6.45) is -4.59. The first kappa shape index (κ1) is 21.3. The van der Waals surface area contributed by atoms with Gasteiger partial charge in [-0.15, -0.1) is 13.2 Å². The highest BCUT2D eigenvalue weighted by molar-refractivity contribution is 5.98. The van der Waals surface area contributed by atoms with Crippen LogP contribution in [0, 0.1) is 5.92 Å². The van der Waals surface area contributed by atoms with Gasteiger partial charge >= 0.3 is 6.36 Å². The molecule has 2 aromatic rings. The highest BCUT2D eigenvalue weighted by atomic mass is 19.4. The lowest BCUT2D eigenvalue weighted by Gasteiger charge is -2.20. The second-order valence-corrected chi connectivity index (χ2v) is 6.57. The first-order valence-electron chi connectivity index (χ1n) is 8.65. The highest BCUT2D eigenvalue weighted by Crippen LogP contribution is 2.26. The van der Waals surface area contributed by atoms with Crippen LogP contribution in [-0.4, -0.2) is 18.2 Å². The topological polar surface area (TPSA) is 67.4 Å². The molecule has 2 amide bonds. The molecular formula is C20H21F3N2O3. The van der Waals surface area contributed by atoms with Crippen LogP contribution >= 0.6 is 0 Å². The molecule has 0 aliphatic rings. The molecule has 5 nitrogen and oxygen atoms in total. The Morgan fingerprint density at radius 3 is 2.32 bits per heavy atom. The molecule has 1 atom stereocenters. The normalized spacial score (nSPS) is 12.4. The molecule has 0 saturated carbocycles. The summed E-state index contributed by atoms with van der Waals surface area (Å²) in [7, 11) is 0. The second kappa shape index (κ2) is 9.25. The zero-order chi connectivity index (χ0) is 20.7. The average molecular weight is 394 g/mol. The largest absolute Gasteiger partial charge is 0.573 e. The minimum Gasteiger partial charge on any atom is -0.406 e. The Morgan fingerprint density at radius 2 is 1.71 bits per heavy atom. The van der Waals surface area contributed by atoms with Gasteiger partial charge in [0.25, 0.3) is 5.91 Å². The number of benzene rings is 2. The Hall–Kier alpha value is -3.03. The van der Waals surface area contributed by atoms with E-state index in [-0.39, 0.29) is 23.9 Å². The molecule has 28 heavy (non-hydrogen) atoms. The van der Waals surface area contributed by atoms with Gasteiger partial charge in [0.15, 0.2) is 0 Å². The minimum atomic E-state index is -4.83. The van der Waals surface area contributed by atoms with E-state index < -0.39 is 24.1 Å². The molecule has 0 aromatic heterocycles. The summed E-state index contributed by atoms with van der Waals surface area (Å²) in [4.78, 5) is 24.9. The van der Waals surface area contributed by atoms with Gasteiger partial charge in [0.2, 0.25) is 5.91 Å². The van der Waals surface area contributed by atoms with Gasteiger partial charge in [-0.25, -0.2) is 0 Å². The number of carbonyl (C=O) groups excluding carboxylic acids is 2. The third-order valence-corrected chi connectivity index (χ3v) is 3.63. The molecule has 0 heterocycles. The van der Waals surface area contributed by atoms with E-state index in [2.05, 4.69) is 15.4 Å². The number of nitrogens with one attached hydrogen (secondary N) is 2. The van der Waals surface area contributed by atoms with Crippen LogP contribution in [0.1, 0.15) is 31.9 Å². The summed E-state index contributed by atoms with van der Waals surface area (Å²) in [5.41, 5.74) is 0.672. The molecule has 0 radical (unpaired) electrons. The van der Waals surface area contributed by atoms with Crippen LogP contribution in [0.5, 0.6) is 5.75 Å².